The van der Waals surface area contributed by atoms with Crippen molar-refractivity contribution < 1.29 is 19.1 Å². The highest BCUT2D eigenvalue weighted by Crippen LogP contribution is 2.27. The summed E-state index contributed by atoms with van der Waals surface area (Å²) in [6, 6.07) is 5.00. The SMILES string of the molecule is COC(=O)c1cc(CNC(=O)CCC2CCCCC2)cc(NC(=O)Cc2cscn2)c1. The maximum absolute atomic E-state index is 12.3. The summed E-state index contributed by atoms with van der Waals surface area (Å²) in [5, 5.41) is 7.55. The number of amides is 2. The Morgan fingerprint density at radius 3 is 2.65 bits per heavy atom. The van der Waals surface area contributed by atoms with Crippen molar-refractivity contribution in [2.45, 2.75) is 57.9 Å². The average Bonchev–Trinajstić information content (AvgIpc) is 3.29. The molecular weight excluding hydrogens is 414 g/mol. The molecule has 1 aromatic carbocycles. The van der Waals surface area contributed by atoms with Crippen molar-refractivity contribution in [1.29, 1.82) is 0 Å². The van der Waals surface area contributed by atoms with Crippen LogP contribution >= 0.6 is 11.3 Å². The molecule has 7 nitrogen and oxygen atoms in total. The molecule has 0 radical (unpaired) electrons. The number of esters is 1. The fraction of sp³-hybridized carbons (Fsp3) is 0.478. The second-order valence-electron chi connectivity index (χ2n) is 7.93. The molecule has 1 aliphatic rings. The lowest BCUT2D eigenvalue weighted by Gasteiger charge is -2.21. The molecule has 166 valence electrons. The molecule has 0 unspecified atom stereocenters. The molecule has 2 amide bonds. The first kappa shape index (κ1) is 22.9. The van der Waals surface area contributed by atoms with Gasteiger partial charge in [-0.25, -0.2) is 9.78 Å². The molecule has 1 heterocycles. The number of methoxy groups -OCH3 is 1. The smallest absolute Gasteiger partial charge is 0.337 e. The molecule has 1 aromatic heterocycles. The minimum absolute atomic E-state index is 0.00293. The Kier molecular flexibility index (Phi) is 8.58. The van der Waals surface area contributed by atoms with E-state index in [4.69, 9.17) is 4.74 Å². The van der Waals surface area contributed by atoms with Gasteiger partial charge in [0, 0.05) is 24.0 Å². The van der Waals surface area contributed by atoms with Crippen LogP contribution in [0.3, 0.4) is 0 Å². The molecule has 31 heavy (non-hydrogen) atoms. The average molecular weight is 444 g/mol. The Morgan fingerprint density at radius 1 is 1.13 bits per heavy atom. The molecule has 0 saturated heterocycles. The number of thiazole rings is 1. The van der Waals surface area contributed by atoms with Crippen LogP contribution in [0.4, 0.5) is 5.69 Å². The molecule has 0 bridgehead atoms. The fourth-order valence-corrected chi connectivity index (χ4v) is 4.45. The molecule has 1 fully saturated rings. The van der Waals surface area contributed by atoms with Gasteiger partial charge in [-0.15, -0.1) is 11.3 Å². The quantitative estimate of drug-likeness (QED) is 0.569. The van der Waals surface area contributed by atoms with Crippen molar-refractivity contribution in [3.63, 3.8) is 0 Å². The lowest BCUT2D eigenvalue weighted by molar-refractivity contribution is -0.121. The minimum Gasteiger partial charge on any atom is -0.465 e. The largest absolute Gasteiger partial charge is 0.465 e. The highest BCUT2D eigenvalue weighted by atomic mass is 32.1. The van der Waals surface area contributed by atoms with E-state index < -0.39 is 5.97 Å². The van der Waals surface area contributed by atoms with Crippen molar-refractivity contribution in [2.75, 3.05) is 12.4 Å². The molecule has 0 atom stereocenters. The van der Waals surface area contributed by atoms with Crippen LogP contribution in [0.5, 0.6) is 0 Å². The topological polar surface area (TPSA) is 97.4 Å². The zero-order valence-electron chi connectivity index (χ0n) is 17.8. The monoisotopic (exact) mass is 443 g/mol. The van der Waals surface area contributed by atoms with Crippen LogP contribution in [0.25, 0.3) is 0 Å². The van der Waals surface area contributed by atoms with Gasteiger partial charge in [0.25, 0.3) is 0 Å². The van der Waals surface area contributed by atoms with E-state index in [1.165, 1.54) is 50.6 Å². The zero-order chi connectivity index (χ0) is 22.1. The van der Waals surface area contributed by atoms with E-state index >= 15 is 0 Å². The van der Waals surface area contributed by atoms with E-state index in [-0.39, 0.29) is 24.8 Å². The van der Waals surface area contributed by atoms with Crippen molar-refractivity contribution in [1.82, 2.24) is 10.3 Å². The number of nitrogens with zero attached hydrogens (tertiary/aromatic N) is 1. The molecule has 1 aliphatic carbocycles. The number of hydrogen-bond donors (Lipinski definition) is 2. The Morgan fingerprint density at radius 2 is 1.94 bits per heavy atom. The van der Waals surface area contributed by atoms with E-state index in [0.717, 1.165) is 12.0 Å². The van der Waals surface area contributed by atoms with Crippen molar-refractivity contribution in [3.05, 3.63) is 45.9 Å². The van der Waals surface area contributed by atoms with Gasteiger partial charge in [0.05, 0.1) is 30.3 Å². The molecule has 1 saturated carbocycles. The standard InChI is InChI=1S/C23H29N3O4S/c1-30-23(29)18-9-17(13-24-21(27)8-7-16-5-3-2-4-6-16)10-19(11-18)26-22(28)12-20-14-31-15-25-20/h9-11,14-16H,2-8,12-13H2,1H3,(H,24,27)(H,26,28). The van der Waals surface area contributed by atoms with Gasteiger partial charge in [-0.1, -0.05) is 32.1 Å². The van der Waals surface area contributed by atoms with Crippen LogP contribution in [0.15, 0.2) is 29.1 Å². The first-order chi connectivity index (χ1) is 15.0. The summed E-state index contributed by atoms with van der Waals surface area (Å²) >= 11 is 1.43. The fourth-order valence-electron chi connectivity index (χ4n) is 3.90. The summed E-state index contributed by atoms with van der Waals surface area (Å²) in [5.41, 5.74) is 3.89. The van der Waals surface area contributed by atoms with Gasteiger partial charge in [-0.3, -0.25) is 9.59 Å². The minimum atomic E-state index is -0.500. The third-order valence-electron chi connectivity index (χ3n) is 5.52. The number of carbonyl (C=O) groups is 3. The molecule has 8 heteroatoms. The van der Waals surface area contributed by atoms with Crippen LogP contribution in [0.2, 0.25) is 0 Å². The highest BCUT2D eigenvalue weighted by Gasteiger charge is 2.16. The maximum atomic E-state index is 12.3. The number of carbonyl (C=O) groups excluding carboxylic acids is 3. The lowest BCUT2D eigenvalue weighted by atomic mass is 9.86. The summed E-state index contributed by atoms with van der Waals surface area (Å²) in [4.78, 5) is 40.8. The van der Waals surface area contributed by atoms with Gasteiger partial charge in [0.15, 0.2) is 0 Å². The van der Waals surface area contributed by atoms with Gasteiger partial charge < -0.3 is 15.4 Å². The summed E-state index contributed by atoms with van der Waals surface area (Å²) in [6.45, 7) is 0.281. The first-order valence-corrected chi connectivity index (χ1v) is 11.6. The number of rotatable bonds is 9. The predicted octanol–water partition coefficient (Wildman–Crippen LogP) is 4.09. The third-order valence-corrected chi connectivity index (χ3v) is 6.15. The molecule has 0 aliphatic heterocycles. The Labute approximate surface area is 186 Å². The van der Waals surface area contributed by atoms with Gasteiger partial charge in [-0.05, 0) is 36.1 Å². The van der Waals surface area contributed by atoms with E-state index in [1.807, 2.05) is 5.38 Å². The third kappa shape index (κ3) is 7.47. The van der Waals surface area contributed by atoms with Crippen LogP contribution in [-0.4, -0.2) is 29.9 Å². The number of benzene rings is 1. The van der Waals surface area contributed by atoms with Gasteiger partial charge in [-0.2, -0.15) is 0 Å². The lowest BCUT2D eigenvalue weighted by Crippen LogP contribution is -2.24. The normalized spacial score (nSPS) is 14.1. The van der Waals surface area contributed by atoms with E-state index in [2.05, 4.69) is 15.6 Å². The molecule has 0 spiro atoms. The summed E-state index contributed by atoms with van der Waals surface area (Å²) < 4.78 is 4.82. The first-order valence-electron chi connectivity index (χ1n) is 10.7. The molecular formula is C23H29N3O4S. The van der Waals surface area contributed by atoms with Crippen LogP contribution in [-0.2, 0) is 27.3 Å². The number of nitrogens with one attached hydrogen (secondary N) is 2. The number of aromatic nitrogens is 1. The summed E-state index contributed by atoms with van der Waals surface area (Å²) in [5.74, 6) is -0.0688. The van der Waals surface area contributed by atoms with Crippen molar-refractivity contribution in [2.24, 2.45) is 5.92 Å². The van der Waals surface area contributed by atoms with Gasteiger partial charge >= 0.3 is 5.97 Å². The Hall–Kier alpha value is -2.74. The Balaban J connectivity index is 1.58. The van der Waals surface area contributed by atoms with Crippen LogP contribution in [0.1, 0.15) is 66.6 Å². The molecule has 2 aromatic rings. The molecule has 2 N–H and O–H groups in total. The van der Waals surface area contributed by atoms with E-state index in [0.29, 0.717) is 29.3 Å². The summed E-state index contributed by atoms with van der Waals surface area (Å²) in [7, 11) is 1.31. The number of ether oxygens (including phenoxy) is 1. The van der Waals surface area contributed by atoms with E-state index in [9.17, 15) is 14.4 Å². The zero-order valence-corrected chi connectivity index (χ0v) is 18.6. The van der Waals surface area contributed by atoms with Crippen LogP contribution < -0.4 is 10.6 Å². The van der Waals surface area contributed by atoms with Crippen molar-refractivity contribution in [3.8, 4) is 0 Å². The predicted molar refractivity (Wildman–Crippen MR) is 120 cm³/mol. The van der Waals surface area contributed by atoms with Gasteiger partial charge in [0.2, 0.25) is 11.8 Å². The Bertz CT molecular complexity index is 892. The van der Waals surface area contributed by atoms with Crippen LogP contribution in [0, 0.1) is 5.92 Å². The summed E-state index contributed by atoms with van der Waals surface area (Å²) in [6.07, 6.45) is 7.87. The number of anilines is 1. The van der Waals surface area contributed by atoms with E-state index in [1.54, 1.807) is 23.7 Å². The number of hydrogen-bond acceptors (Lipinski definition) is 6. The second kappa shape index (κ2) is 11.6. The van der Waals surface area contributed by atoms with Gasteiger partial charge in [0.1, 0.15) is 0 Å². The van der Waals surface area contributed by atoms with Crippen molar-refractivity contribution >= 4 is 34.8 Å². The highest BCUT2D eigenvalue weighted by molar-refractivity contribution is 7.07. The maximum Gasteiger partial charge on any atom is 0.337 e. The molecule has 3 rings (SSSR count). The second-order valence-corrected chi connectivity index (χ2v) is 8.65.